The number of amidine groups is 1. The van der Waals surface area contributed by atoms with Crippen LogP contribution in [0.15, 0.2) is 35.5 Å². The van der Waals surface area contributed by atoms with Gasteiger partial charge in [0, 0.05) is 17.7 Å². The first-order valence-electron chi connectivity index (χ1n) is 5.81. The van der Waals surface area contributed by atoms with Crippen LogP contribution in [-0.4, -0.2) is 17.0 Å². The number of hydrogen-bond acceptors (Lipinski definition) is 4. The average Bonchev–Trinajstić information content (AvgIpc) is 2.91. The minimum Gasteiger partial charge on any atom is -0.409 e. The van der Waals surface area contributed by atoms with Gasteiger partial charge in [0.25, 0.3) is 5.91 Å². The van der Waals surface area contributed by atoms with E-state index in [1.165, 1.54) is 12.1 Å². The lowest BCUT2D eigenvalue weighted by Gasteiger charge is -2.07. The van der Waals surface area contributed by atoms with Gasteiger partial charge in [-0.05, 0) is 18.2 Å². The van der Waals surface area contributed by atoms with Crippen molar-refractivity contribution in [2.45, 2.75) is 6.54 Å². The maximum absolute atomic E-state index is 13.8. The summed E-state index contributed by atoms with van der Waals surface area (Å²) >= 11 is 6.89. The number of amides is 1. The molecule has 4 N–H and O–H groups in total. The lowest BCUT2D eigenvalue weighted by atomic mass is 10.1. The van der Waals surface area contributed by atoms with Crippen LogP contribution in [0.5, 0.6) is 0 Å². The molecule has 110 valence electrons. The summed E-state index contributed by atoms with van der Waals surface area (Å²) in [6.45, 7) is 0.0244. The first-order valence-corrected chi connectivity index (χ1v) is 7.00. The number of nitrogens with zero attached hydrogens (tertiary/aromatic N) is 1. The van der Waals surface area contributed by atoms with Crippen molar-refractivity contribution in [3.8, 4) is 0 Å². The maximum Gasteiger partial charge on any atom is 0.261 e. The molecule has 2 rings (SSSR count). The van der Waals surface area contributed by atoms with E-state index >= 15 is 0 Å². The summed E-state index contributed by atoms with van der Waals surface area (Å²) in [6, 6.07) is 7.32. The summed E-state index contributed by atoms with van der Waals surface area (Å²) < 4.78 is 14.4. The topological polar surface area (TPSA) is 87.7 Å². The molecule has 0 spiro atoms. The zero-order chi connectivity index (χ0) is 15.4. The van der Waals surface area contributed by atoms with Gasteiger partial charge in [0.15, 0.2) is 5.84 Å². The zero-order valence-electron chi connectivity index (χ0n) is 10.6. The summed E-state index contributed by atoms with van der Waals surface area (Å²) in [5.74, 6) is -1.06. The van der Waals surface area contributed by atoms with Gasteiger partial charge >= 0.3 is 0 Å². The van der Waals surface area contributed by atoms with Crippen molar-refractivity contribution in [3.63, 3.8) is 0 Å². The van der Waals surface area contributed by atoms with Crippen molar-refractivity contribution in [2.24, 2.45) is 10.9 Å². The fraction of sp³-hybridized carbons (Fsp3) is 0.0769. The molecule has 0 aliphatic heterocycles. The molecule has 0 saturated heterocycles. The van der Waals surface area contributed by atoms with Crippen molar-refractivity contribution in [1.82, 2.24) is 5.32 Å². The van der Waals surface area contributed by atoms with Crippen molar-refractivity contribution >= 4 is 34.7 Å². The van der Waals surface area contributed by atoms with Crippen LogP contribution in [0.25, 0.3) is 0 Å². The Balaban J connectivity index is 2.05. The third kappa shape index (κ3) is 3.71. The van der Waals surface area contributed by atoms with Crippen molar-refractivity contribution in [2.75, 3.05) is 0 Å². The van der Waals surface area contributed by atoms with Gasteiger partial charge in [0.2, 0.25) is 0 Å². The van der Waals surface area contributed by atoms with Gasteiger partial charge in [-0.25, -0.2) is 4.39 Å². The lowest BCUT2D eigenvalue weighted by molar-refractivity contribution is 0.0954. The van der Waals surface area contributed by atoms with Gasteiger partial charge in [-0.1, -0.05) is 28.9 Å². The van der Waals surface area contributed by atoms with Gasteiger partial charge in [-0.2, -0.15) is 0 Å². The molecule has 1 aromatic carbocycles. The van der Waals surface area contributed by atoms with Crippen LogP contribution in [0.3, 0.4) is 0 Å². The third-order valence-electron chi connectivity index (χ3n) is 2.69. The summed E-state index contributed by atoms with van der Waals surface area (Å²) in [6.07, 6.45) is 0. The molecule has 0 aliphatic rings. The van der Waals surface area contributed by atoms with E-state index in [2.05, 4.69) is 10.5 Å². The molecule has 8 heteroatoms. The zero-order valence-corrected chi connectivity index (χ0v) is 12.2. The highest BCUT2D eigenvalue weighted by Crippen LogP contribution is 2.21. The quantitative estimate of drug-likeness (QED) is 0.349. The Kier molecular flexibility index (Phi) is 4.77. The number of halogens is 2. The molecule has 21 heavy (non-hydrogen) atoms. The van der Waals surface area contributed by atoms with Crippen LogP contribution in [0, 0.1) is 5.82 Å². The number of nitrogens with one attached hydrogen (secondary N) is 1. The molecular weight excluding hydrogens is 317 g/mol. The standard InChI is InChI=1S/C13H11ClFN3O2S/c14-11-4-3-10(21-11)13(19)17-6-8-2-1-7(5-9(8)15)12(16)18-20/h1-5,20H,6H2,(H2,16,18)(H,17,19). The Morgan fingerprint density at radius 1 is 1.43 bits per heavy atom. The Morgan fingerprint density at radius 2 is 2.19 bits per heavy atom. The predicted octanol–water partition coefficient (Wildman–Crippen LogP) is 2.57. The van der Waals surface area contributed by atoms with E-state index in [1.807, 2.05) is 0 Å². The van der Waals surface area contributed by atoms with E-state index in [1.54, 1.807) is 12.1 Å². The Morgan fingerprint density at radius 3 is 2.76 bits per heavy atom. The highest BCUT2D eigenvalue weighted by molar-refractivity contribution is 7.17. The molecule has 0 atom stereocenters. The van der Waals surface area contributed by atoms with Crippen molar-refractivity contribution < 1.29 is 14.4 Å². The Bertz CT molecular complexity index is 702. The Hall–Kier alpha value is -2.12. The molecule has 1 aromatic heterocycles. The minimum atomic E-state index is -0.552. The molecule has 0 aliphatic carbocycles. The number of nitrogens with two attached hydrogens (primary N) is 1. The number of benzene rings is 1. The van der Waals surface area contributed by atoms with E-state index in [9.17, 15) is 9.18 Å². The number of hydrogen-bond donors (Lipinski definition) is 3. The van der Waals surface area contributed by atoms with Gasteiger partial charge < -0.3 is 16.3 Å². The molecule has 0 saturated carbocycles. The SMILES string of the molecule is NC(=NO)c1ccc(CNC(=O)c2ccc(Cl)s2)c(F)c1. The second-order valence-corrected chi connectivity index (χ2v) is 5.79. The fourth-order valence-corrected chi connectivity index (χ4v) is 2.57. The highest BCUT2D eigenvalue weighted by Gasteiger charge is 2.11. The van der Waals surface area contributed by atoms with E-state index in [0.717, 1.165) is 17.4 Å². The summed E-state index contributed by atoms with van der Waals surface area (Å²) in [5, 5.41) is 13.9. The smallest absolute Gasteiger partial charge is 0.261 e. The van der Waals surface area contributed by atoms with Crippen LogP contribution in [0.1, 0.15) is 20.8 Å². The van der Waals surface area contributed by atoms with E-state index in [-0.39, 0.29) is 23.9 Å². The molecule has 2 aromatic rings. The number of rotatable bonds is 4. The molecule has 1 amide bonds. The summed E-state index contributed by atoms with van der Waals surface area (Å²) in [5.41, 5.74) is 5.92. The first kappa shape index (κ1) is 15.3. The highest BCUT2D eigenvalue weighted by atomic mass is 35.5. The van der Waals surface area contributed by atoms with Crippen molar-refractivity contribution in [1.29, 1.82) is 0 Å². The van der Waals surface area contributed by atoms with E-state index < -0.39 is 5.82 Å². The molecule has 0 fully saturated rings. The van der Waals surface area contributed by atoms with Crippen LogP contribution < -0.4 is 11.1 Å². The van der Waals surface area contributed by atoms with E-state index in [4.69, 9.17) is 22.5 Å². The number of carbonyl (C=O) groups excluding carboxylic acids is 1. The molecule has 1 heterocycles. The largest absolute Gasteiger partial charge is 0.409 e. The third-order valence-corrected chi connectivity index (χ3v) is 3.92. The monoisotopic (exact) mass is 327 g/mol. The van der Waals surface area contributed by atoms with Crippen molar-refractivity contribution in [3.05, 3.63) is 56.5 Å². The molecule has 0 unspecified atom stereocenters. The second kappa shape index (κ2) is 6.55. The van der Waals surface area contributed by atoms with Gasteiger partial charge in [0.05, 0.1) is 9.21 Å². The molecule has 0 radical (unpaired) electrons. The average molecular weight is 328 g/mol. The predicted molar refractivity (Wildman–Crippen MR) is 79.4 cm³/mol. The lowest BCUT2D eigenvalue weighted by Crippen LogP contribution is -2.22. The maximum atomic E-state index is 13.8. The van der Waals surface area contributed by atoms with Crippen LogP contribution in [-0.2, 0) is 6.54 Å². The Labute approximate surface area is 128 Å². The normalized spacial score (nSPS) is 11.4. The van der Waals surface area contributed by atoms with Crippen LogP contribution in [0.4, 0.5) is 4.39 Å². The second-order valence-electron chi connectivity index (χ2n) is 4.08. The minimum absolute atomic E-state index is 0.0244. The van der Waals surface area contributed by atoms with Crippen LogP contribution in [0.2, 0.25) is 4.34 Å². The number of oxime groups is 1. The van der Waals surface area contributed by atoms with Crippen LogP contribution >= 0.6 is 22.9 Å². The molecular formula is C13H11ClFN3O2S. The summed E-state index contributed by atoms with van der Waals surface area (Å²) in [4.78, 5) is 12.3. The van der Waals surface area contributed by atoms with Gasteiger partial charge in [-0.3, -0.25) is 4.79 Å². The fourth-order valence-electron chi connectivity index (χ4n) is 1.61. The first-order chi connectivity index (χ1) is 10.0. The van der Waals surface area contributed by atoms with Gasteiger partial charge in [-0.15, -0.1) is 11.3 Å². The molecule has 5 nitrogen and oxygen atoms in total. The molecule has 0 bridgehead atoms. The van der Waals surface area contributed by atoms with E-state index in [0.29, 0.717) is 14.8 Å². The van der Waals surface area contributed by atoms with Gasteiger partial charge in [0.1, 0.15) is 5.82 Å². The number of carbonyl (C=O) groups is 1. The number of thiophene rings is 1. The summed E-state index contributed by atoms with van der Waals surface area (Å²) in [7, 11) is 0.